The fraction of sp³-hybridized carbons (Fsp3) is 0.690. The first kappa shape index (κ1) is 30.1. The van der Waals surface area contributed by atoms with Crippen molar-refractivity contribution in [2.24, 2.45) is 5.92 Å². The van der Waals surface area contributed by atoms with E-state index in [9.17, 15) is 14.4 Å². The van der Waals surface area contributed by atoms with Gasteiger partial charge in [0, 0.05) is 30.9 Å². The third-order valence-corrected chi connectivity index (χ3v) is 6.92. The highest BCUT2D eigenvalue weighted by Gasteiger charge is 2.37. The average molecular weight is 497 g/mol. The molecule has 1 unspecified atom stereocenters. The number of carbonyl (C=O) groups excluding carboxylic acids is 3. The zero-order valence-corrected chi connectivity index (χ0v) is 23.8. The van der Waals surface area contributed by atoms with Crippen molar-refractivity contribution in [2.75, 3.05) is 11.5 Å². The molecule has 2 radical (unpaired) electrons. The molecular weight excluding hydrogens is 451 g/mol. The van der Waals surface area contributed by atoms with Crippen LogP contribution in [0, 0.1) is 5.92 Å². The van der Waals surface area contributed by atoms with Crippen LogP contribution >= 0.6 is 0 Å². The predicted octanol–water partition coefficient (Wildman–Crippen LogP) is 5.48. The van der Waals surface area contributed by atoms with E-state index >= 15 is 0 Å². The molecule has 3 amide bonds. The summed E-state index contributed by atoms with van der Waals surface area (Å²) in [5.74, 6) is -0.553. The van der Waals surface area contributed by atoms with E-state index in [0.717, 1.165) is 18.4 Å². The second-order valence-electron chi connectivity index (χ2n) is 13.1. The minimum atomic E-state index is -0.379. The summed E-state index contributed by atoms with van der Waals surface area (Å²) in [5.41, 5.74) is 0.752. The van der Waals surface area contributed by atoms with Crippen LogP contribution < -0.4 is 10.2 Å². The summed E-state index contributed by atoms with van der Waals surface area (Å²) in [4.78, 5) is 38.6. The quantitative estimate of drug-likeness (QED) is 0.307. The Hall–Kier alpha value is -2.15. The van der Waals surface area contributed by atoms with E-state index in [-0.39, 0.29) is 51.9 Å². The van der Waals surface area contributed by atoms with Crippen LogP contribution in [0.4, 0.5) is 5.69 Å². The predicted molar refractivity (Wildman–Crippen MR) is 146 cm³/mol. The first-order chi connectivity index (χ1) is 16.3. The molecule has 1 aromatic carbocycles. The number of hydrogen-bond donors (Lipinski definition) is 1. The molecular formula is C29H45BN2O4. The third-order valence-electron chi connectivity index (χ3n) is 6.92. The van der Waals surface area contributed by atoms with Gasteiger partial charge in [-0.3, -0.25) is 19.3 Å². The molecule has 7 heteroatoms. The standard InChI is InChI=1S/C29H45BN2O4/c1-20-18-24(34)32(25(20)35)22-12-10-21(11-13-22)26(2,3)15-14-23(33)31-28(6,7)16-17-29(8,9)36-19-27(4,5)30/h10-13,20H,14-19H2,1-9H3,(H,31,33). The molecule has 2 rings (SSSR count). The second-order valence-corrected chi connectivity index (χ2v) is 13.1. The number of carbonyl (C=O) groups is 3. The van der Waals surface area contributed by atoms with Crippen molar-refractivity contribution in [3.05, 3.63) is 29.8 Å². The van der Waals surface area contributed by atoms with Crippen LogP contribution in [0.3, 0.4) is 0 Å². The minimum Gasteiger partial charge on any atom is -0.376 e. The van der Waals surface area contributed by atoms with Gasteiger partial charge in [-0.1, -0.05) is 46.8 Å². The minimum absolute atomic E-state index is 0.0220. The Morgan fingerprint density at radius 2 is 1.58 bits per heavy atom. The number of nitrogens with one attached hydrogen (secondary N) is 1. The summed E-state index contributed by atoms with van der Waals surface area (Å²) in [5, 5.41) is 2.81. The highest BCUT2D eigenvalue weighted by Crippen LogP contribution is 2.32. The molecule has 1 saturated heterocycles. The molecule has 6 nitrogen and oxygen atoms in total. The summed E-state index contributed by atoms with van der Waals surface area (Å²) < 4.78 is 6.02. The van der Waals surface area contributed by atoms with Gasteiger partial charge in [0.1, 0.15) is 0 Å². The lowest BCUT2D eigenvalue weighted by molar-refractivity contribution is -0.124. The number of rotatable bonds is 12. The summed E-state index contributed by atoms with van der Waals surface area (Å²) in [6.07, 6.45) is 2.92. The fourth-order valence-electron chi connectivity index (χ4n) is 4.26. The average Bonchev–Trinajstić information content (AvgIpc) is 3.00. The largest absolute Gasteiger partial charge is 0.376 e. The van der Waals surface area contributed by atoms with Gasteiger partial charge in [0.05, 0.1) is 19.1 Å². The zero-order valence-electron chi connectivity index (χ0n) is 23.8. The van der Waals surface area contributed by atoms with Crippen LogP contribution in [0.15, 0.2) is 24.3 Å². The number of ether oxygens (including phenoxy) is 1. The van der Waals surface area contributed by atoms with E-state index in [1.165, 1.54) is 4.90 Å². The summed E-state index contributed by atoms with van der Waals surface area (Å²) in [6, 6.07) is 7.55. The van der Waals surface area contributed by atoms with Gasteiger partial charge >= 0.3 is 0 Å². The number of imide groups is 1. The van der Waals surface area contributed by atoms with Crippen molar-refractivity contribution in [2.45, 2.75) is 116 Å². The lowest BCUT2D eigenvalue weighted by Gasteiger charge is -2.34. The Morgan fingerprint density at radius 3 is 2.08 bits per heavy atom. The maximum Gasteiger partial charge on any atom is 0.237 e. The molecule has 1 atom stereocenters. The molecule has 0 saturated carbocycles. The number of hydrogen-bond acceptors (Lipinski definition) is 4. The van der Waals surface area contributed by atoms with Crippen molar-refractivity contribution < 1.29 is 19.1 Å². The highest BCUT2D eigenvalue weighted by atomic mass is 16.5. The first-order valence-corrected chi connectivity index (χ1v) is 13.0. The molecule has 198 valence electrons. The smallest absolute Gasteiger partial charge is 0.237 e. The Balaban J connectivity index is 1.89. The summed E-state index contributed by atoms with van der Waals surface area (Å²) >= 11 is 0. The van der Waals surface area contributed by atoms with Crippen LogP contribution in [-0.4, -0.2) is 43.3 Å². The van der Waals surface area contributed by atoms with E-state index in [4.69, 9.17) is 12.6 Å². The van der Waals surface area contributed by atoms with E-state index in [0.29, 0.717) is 25.1 Å². The normalized spacial score (nSPS) is 17.6. The topological polar surface area (TPSA) is 75.7 Å². The summed E-state index contributed by atoms with van der Waals surface area (Å²) in [7, 11) is 6.04. The molecule has 36 heavy (non-hydrogen) atoms. The van der Waals surface area contributed by atoms with Gasteiger partial charge in [0.2, 0.25) is 17.7 Å². The Labute approximate surface area is 219 Å². The Morgan fingerprint density at radius 1 is 1.00 bits per heavy atom. The molecule has 0 spiro atoms. The molecule has 1 heterocycles. The van der Waals surface area contributed by atoms with Crippen LogP contribution in [0.2, 0.25) is 5.31 Å². The number of anilines is 1. The molecule has 1 N–H and O–H groups in total. The number of benzene rings is 1. The lowest BCUT2D eigenvalue weighted by Crippen LogP contribution is -2.45. The third kappa shape index (κ3) is 8.76. The molecule has 0 aromatic heterocycles. The van der Waals surface area contributed by atoms with Crippen LogP contribution in [-0.2, 0) is 24.5 Å². The van der Waals surface area contributed by atoms with Gasteiger partial charge < -0.3 is 10.1 Å². The maximum absolute atomic E-state index is 12.8. The second kappa shape index (κ2) is 11.1. The molecule has 1 aliphatic heterocycles. The van der Waals surface area contributed by atoms with Crippen molar-refractivity contribution in [3.63, 3.8) is 0 Å². The number of amides is 3. The first-order valence-electron chi connectivity index (χ1n) is 13.0. The van der Waals surface area contributed by atoms with Gasteiger partial charge in [0.25, 0.3) is 0 Å². The van der Waals surface area contributed by atoms with Crippen molar-refractivity contribution in [3.8, 4) is 0 Å². The maximum atomic E-state index is 12.8. The molecule has 1 aromatic rings. The molecule has 0 bridgehead atoms. The lowest BCUT2D eigenvalue weighted by atomic mass is 9.73. The van der Waals surface area contributed by atoms with Gasteiger partial charge in [0.15, 0.2) is 0 Å². The summed E-state index contributed by atoms with van der Waals surface area (Å²) in [6.45, 7) is 18.5. The highest BCUT2D eigenvalue weighted by molar-refractivity contribution is 6.20. The number of nitrogens with zero attached hydrogens (tertiary/aromatic N) is 1. The van der Waals surface area contributed by atoms with E-state index in [2.05, 4.69) is 33.0 Å². The van der Waals surface area contributed by atoms with Gasteiger partial charge in [-0.25, -0.2) is 0 Å². The van der Waals surface area contributed by atoms with E-state index < -0.39 is 0 Å². The van der Waals surface area contributed by atoms with E-state index in [1.807, 2.05) is 52.0 Å². The van der Waals surface area contributed by atoms with Crippen LogP contribution in [0.1, 0.15) is 100.0 Å². The van der Waals surface area contributed by atoms with Crippen LogP contribution in [0.5, 0.6) is 0 Å². The molecule has 1 fully saturated rings. The molecule has 1 aliphatic rings. The SMILES string of the molecule is [B]C(C)(C)COC(C)(C)CCC(C)(C)NC(=O)CCC(C)(C)c1ccc(N2C(=O)CC(C)C2=O)cc1. The fourth-order valence-corrected chi connectivity index (χ4v) is 4.26. The van der Waals surface area contributed by atoms with Crippen molar-refractivity contribution in [1.29, 1.82) is 0 Å². The molecule has 0 aliphatic carbocycles. The Kier molecular flexibility index (Phi) is 9.26. The van der Waals surface area contributed by atoms with Crippen molar-refractivity contribution >= 4 is 31.3 Å². The van der Waals surface area contributed by atoms with Gasteiger partial charge in [-0.05, 0) is 75.4 Å². The monoisotopic (exact) mass is 496 g/mol. The Bertz CT molecular complexity index is 945. The van der Waals surface area contributed by atoms with E-state index in [1.54, 1.807) is 6.92 Å². The van der Waals surface area contributed by atoms with Crippen LogP contribution in [0.25, 0.3) is 0 Å². The zero-order chi connectivity index (χ0) is 27.5. The van der Waals surface area contributed by atoms with Gasteiger partial charge in [-0.15, -0.1) is 0 Å². The van der Waals surface area contributed by atoms with Gasteiger partial charge in [-0.2, -0.15) is 0 Å². The van der Waals surface area contributed by atoms with Crippen molar-refractivity contribution in [1.82, 2.24) is 5.32 Å².